The SMILES string of the molecule is Cc1nn(C)c2ncc(NC(=O)CCn3cnc4ccccc4c3=O)cc12. The van der Waals surface area contributed by atoms with Crippen LogP contribution in [0, 0.1) is 6.92 Å². The minimum absolute atomic E-state index is 0.150. The van der Waals surface area contributed by atoms with Gasteiger partial charge in [-0.15, -0.1) is 0 Å². The minimum atomic E-state index is -0.197. The number of hydrogen-bond acceptors (Lipinski definition) is 5. The molecule has 3 heterocycles. The molecule has 0 radical (unpaired) electrons. The number of anilines is 1. The third kappa shape index (κ3) is 3.17. The first-order chi connectivity index (χ1) is 13.0. The highest BCUT2D eigenvalue weighted by Gasteiger charge is 2.10. The Bertz CT molecular complexity index is 1220. The number of aromatic nitrogens is 5. The van der Waals surface area contributed by atoms with E-state index in [9.17, 15) is 9.59 Å². The van der Waals surface area contributed by atoms with Gasteiger partial charge in [0.2, 0.25) is 5.91 Å². The Morgan fingerprint density at radius 3 is 2.85 bits per heavy atom. The number of benzene rings is 1. The molecule has 0 aliphatic heterocycles. The number of hydrogen-bond donors (Lipinski definition) is 1. The summed E-state index contributed by atoms with van der Waals surface area (Å²) in [7, 11) is 1.83. The van der Waals surface area contributed by atoms with E-state index in [0.29, 0.717) is 16.6 Å². The van der Waals surface area contributed by atoms with E-state index in [1.807, 2.05) is 26.1 Å². The van der Waals surface area contributed by atoms with E-state index in [-0.39, 0.29) is 24.4 Å². The number of nitrogens with one attached hydrogen (secondary N) is 1. The van der Waals surface area contributed by atoms with Gasteiger partial charge in [0.1, 0.15) is 0 Å². The van der Waals surface area contributed by atoms with Crippen LogP contribution in [0.3, 0.4) is 0 Å². The van der Waals surface area contributed by atoms with Crippen molar-refractivity contribution in [2.24, 2.45) is 7.05 Å². The highest BCUT2D eigenvalue weighted by atomic mass is 16.2. The summed E-state index contributed by atoms with van der Waals surface area (Å²) < 4.78 is 3.16. The second-order valence-electron chi connectivity index (χ2n) is 6.36. The Hall–Kier alpha value is -3.55. The van der Waals surface area contributed by atoms with E-state index in [1.165, 1.54) is 10.9 Å². The van der Waals surface area contributed by atoms with Gasteiger partial charge in [-0.25, -0.2) is 9.97 Å². The van der Waals surface area contributed by atoms with Crippen LogP contribution in [0.5, 0.6) is 0 Å². The lowest BCUT2D eigenvalue weighted by Gasteiger charge is -2.08. The van der Waals surface area contributed by atoms with Gasteiger partial charge in [-0.3, -0.25) is 18.8 Å². The minimum Gasteiger partial charge on any atom is -0.325 e. The zero-order valence-electron chi connectivity index (χ0n) is 15.0. The van der Waals surface area contributed by atoms with Crippen LogP contribution < -0.4 is 10.9 Å². The van der Waals surface area contributed by atoms with Crippen LogP contribution >= 0.6 is 0 Å². The van der Waals surface area contributed by atoms with E-state index in [0.717, 1.165) is 16.7 Å². The van der Waals surface area contributed by atoms with Crippen LogP contribution in [0.15, 0.2) is 47.7 Å². The van der Waals surface area contributed by atoms with Crippen LogP contribution in [0.4, 0.5) is 5.69 Å². The summed E-state index contributed by atoms with van der Waals surface area (Å²) >= 11 is 0. The van der Waals surface area contributed by atoms with Crippen molar-refractivity contribution < 1.29 is 4.79 Å². The molecule has 1 N–H and O–H groups in total. The third-order valence-corrected chi connectivity index (χ3v) is 4.46. The molecule has 27 heavy (non-hydrogen) atoms. The van der Waals surface area contributed by atoms with Gasteiger partial charge in [-0.1, -0.05) is 12.1 Å². The topological polar surface area (TPSA) is 94.7 Å². The summed E-state index contributed by atoms with van der Waals surface area (Å²) in [6, 6.07) is 9.01. The van der Waals surface area contributed by atoms with Gasteiger partial charge < -0.3 is 5.32 Å². The molecule has 0 atom stereocenters. The van der Waals surface area contributed by atoms with Crippen molar-refractivity contribution >= 4 is 33.5 Å². The van der Waals surface area contributed by atoms with E-state index >= 15 is 0 Å². The number of nitrogens with zero attached hydrogens (tertiary/aromatic N) is 5. The number of fused-ring (bicyclic) bond motifs is 2. The molecule has 0 aliphatic carbocycles. The molecule has 4 rings (SSSR count). The molecule has 0 spiro atoms. The summed E-state index contributed by atoms with van der Waals surface area (Å²) in [4.78, 5) is 33.4. The first kappa shape index (κ1) is 16.9. The highest BCUT2D eigenvalue weighted by Crippen LogP contribution is 2.19. The number of pyridine rings is 1. The van der Waals surface area contributed by atoms with Gasteiger partial charge >= 0.3 is 0 Å². The number of amides is 1. The fourth-order valence-electron chi connectivity index (χ4n) is 3.09. The Balaban J connectivity index is 1.48. The van der Waals surface area contributed by atoms with Crippen LogP contribution in [0.1, 0.15) is 12.1 Å². The van der Waals surface area contributed by atoms with Crippen LogP contribution in [0.25, 0.3) is 21.9 Å². The maximum absolute atomic E-state index is 12.5. The van der Waals surface area contributed by atoms with Crippen molar-refractivity contribution in [3.63, 3.8) is 0 Å². The van der Waals surface area contributed by atoms with Gasteiger partial charge in [0.05, 0.1) is 34.8 Å². The second kappa shape index (κ2) is 6.64. The molecule has 4 aromatic rings. The predicted molar refractivity (Wildman–Crippen MR) is 102 cm³/mol. The summed E-state index contributed by atoms with van der Waals surface area (Å²) in [5.74, 6) is -0.197. The molecule has 0 saturated heterocycles. The molecule has 1 amide bonds. The molecule has 1 aromatic carbocycles. The normalized spacial score (nSPS) is 11.2. The smallest absolute Gasteiger partial charge is 0.261 e. The summed E-state index contributed by atoms with van der Waals surface area (Å²) in [5, 5.41) is 8.58. The standard InChI is InChI=1S/C19H18N6O2/c1-12-15-9-13(10-20-18(15)24(2)23-12)22-17(26)7-8-25-11-21-16-6-4-3-5-14(16)19(25)27/h3-6,9-11H,7-8H2,1-2H3,(H,22,26). The molecule has 0 aliphatic rings. The molecule has 136 valence electrons. The van der Waals surface area contributed by atoms with Crippen molar-refractivity contribution in [3.05, 3.63) is 58.9 Å². The van der Waals surface area contributed by atoms with Crippen LogP contribution in [-0.4, -0.2) is 30.2 Å². The lowest BCUT2D eigenvalue weighted by molar-refractivity contribution is -0.116. The summed E-state index contributed by atoms with van der Waals surface area (Å²) in [6.45, 7) is 2.15. The third-order valence-electron chi connectivity index (χ3n) is 4.46. The van der Waals surface area contributed by atoms with Gasteiger partial charge in [-0.2, -0.15) is 5.10 Å². The van der Waals surface area contributed by atoms with Crippen molar-refractivity contribution in [2.75, 3.05) is 5.32 Å². The van der Waals surface area contributed by atoms with Crippen molar-refractivity contribution in [1.82, 2.24) is 24.3 Å². The average molecular weight is 362 g/mol. The van der Waals surface area contributed by atoms with Crippen molar-refractivity contribution in [2.45, 2.75) is 19.9 Å². The first-order valence-corrected chi connectivity index (χ1v) is 8.56. The highest BCUT2D eigenvalue weighted by molar-refractivity contribution is 5.93. The first-order valence-electron chi connectivity index (χ1n) is 8.56. The van der Waals surface area contributed by atoms with Gasteiger partial charge in [0, 0.05) is 25.4 Å². The van der Waals surface area contributed by atoms with E-state index in [1.54, 1.807) is 29.1 Å². The summed E-state index contributed by atoms with van der Waals surface area (Å²) in [6.07, 6.45) is 3.24. The van der Waals surface area contributed by atoms with Gasteiger partial charge in [0.15, 0.2) is 5.65 Å². The monoisotopic (exact) mass is 362 g/mol. The molecule has 0 unspecified atom stereocenters. The number of rotatable bonds is 4. The maximum Gasteiger partial charge on any atom is 0.261 e. The number of para-hydroxylation sites is 1. The Morgan fingerprint density at radius 2 is 2.00 bits per heavy atom. The van der Waals surface area contributed by atoms with E-state index in [4.69, 9.17) is 0 Å². The molecule has 0 fully saturated rings. The quantitative estimate of drug-likeness (QED) is 0.599. The number of aryl methyl sites for hydroxylation is 3. The maximum atomic E-state index is 12.5. The largest absolute Gasteiger partial charge is 0.325 e. The fourth-order valence-corrected chi connectivity index (χ4v) is 3.09. The number of carbonyl (C=O) groups is 1. The molecule has 8 nitrogen and oxygen atoms in total. The zero-order valence-corrected chi connectivity index (χ0v) is 15.0. The Kier molecular flexibility index (Phi) is 4.15. The second-order valence-corrected chi connectivity index (χ2v) is 6.36. The Morgan fingerprint density at radius 1 is 1.19 bits per heavy atom. The Labute approximate surface area is 154 Å². The fraction of sp³-hybridized carbons (Fsp3) is 0.211. The van der Waals surface area contributed by atoms with Crippen molar-refractivity contribution in [1.29, 1.82) is 0 Å². The van der Waals surface area contributed by atoms with Gasteiger partial charge in [0.25, 0.3) is 5.56 Å². The van der Waals surface area contributed by atoms with E-state index in [2.05, 4.69) is 20.4 Å². The number of carbonyl (C=O) groups excluding carboxylic acids is 1. The average Bonchev–Trinajstić information content (AvgIpc) is 2.95. The van der Waals surface area contributed by atoms with Crippen LogP contribution in [0.2, 0.25) is 0 Å². The zero-order chi connectivity index (χ0) is 19.0. The molecule has 8 heteroatoms. The molecular formula is C19H18N6O2. The lowest BCUT2D eigenvalue weighted by Crippen LogP contribution is -2.23. The predicted octanol–water partition coefficient (Wildman–Crippen LogP) is 2.02. The van der Waals surface area contributed by atoms with Crippen LogP contribution in [-0.2, 0) is 18.4 Å². The molecule has 3 aromatic heterocycles. The van der Waals surface area contributed by atoms with Gasteiger partial charge in [-0.05, 0) is 25.1 Å². The molecule has 0 saturated carbocycles. The van der Waals surface area contributed by atoms with Crippen molar-refractivity contribution in [3.8, 4) is 0 Å². The summed E-state index contributed by atoms with van der Waals surface area (Å²) in [5.41, 5.74) is 2.72. The molecule has 0 bridgehead atoms. The van der Waals surface area contributed by atoms with E-state index < -0.39 is 0 Å². The molecular weight excluding hydrogens is 344 g/mol. The lowest BCUT2D eigenvalue weighted by atomic mass is 10.2.